The molecule has 1 aromatic carbocycles. The van der Waals surface area contributed by atoms with Gasteiger partial charge < -0.3 is 10.2 Å². The molecule has 2 heterocycles. The fourth-order valence-corrected chi connectivity index (χ4v) is 4.65. The molecule has 0 spiro atoms. The summed E-state index contributed by atoms with van der Waals surface area (Å²) in [4.78, 5) is 22.6. The lowest BCUT2D eigenvalue weighted by molar-refractivity contribution is -0.117. The first kappa shape index (κ1) is 17.4. The summed E-state index contributed by atoms with van der Waals surface area (Å²) in [6.07, 6.45) is 4.55. The Hall–Kier alpha value is -1.99. The number of carbonyl (C=O) groups excluding carboxylic acids is 1. The Balaban J connectivity index is 1.26. The maximum absolute atomic E-state index is 13.0. The number of hydrogen-bond acceptors (Lipinski definition) is 5. The number of aromatic nitrogens is 1. The number of amides is 1. The van der Waals surface area contributed by atoms with Gasteiger partial charge >= 0.3 is 0 Å². The average Bonchev–Trinajstić information content (AvgIpc) is 3.05. The molecule has 1 aromatic heterocycles. The van der Waals surface area contributed by atoms with Crippen molar-refractivity contribution >= 4 is 28.1 Å². The Morgan fingerprint density at radius 1 is 1.12 bits per heavy atom. The number of rotatable bonds is 4. The van der Waals surface area contributed by atoms with Gasteiger partial charge in [0.05, 0.1) is 12.2 Å². The van der Waals surface area contributed by atoms with E-state index in [4.69, 9.17) is 0 Å². The van der Waals surface area contributed by atoms with Crippen molar-refractivity contribution in [3.63, 3.8) is 0 Å². The van der Waals surface area contributed by atoms with Crippen LogP contribution in [0.5, 0.6) is 0 Å². The van der Waals surface area contributed by atoms with E-state index < -0.39 is 0 Å². The average molecular weight is 374 g/mol. The highest BCUT2D eigenvalue weighted by molar-refractivity contribution is 7.15. The zero-order chi connectivity index (χ0) is 17.9. The number of aryl methyl sites for hydroxylation is 2. The summed E-state index contributed by atoms with van der Waals surface area (Å²) in [6.45, 7) is 3.70. The summed E-state index contributed by atoms with van der Waals surface area (Å²) in [5.41, 5.74) is 2.20. The predicted octanol–water partition coefficient (Wildman–Crippen LogP) is 2.92. The highest BCUT2D eigenvalue weighted by Crippen LogP contribution is 2.29. The molecule has 2 aromatic rings. The number of halogens is 1. The molecule has 0 saturated carbocycles. The monoisotopic (exact) mass is 374 g/mol. The van der Waals surface area contributed by atoms with Crippen LogP contribution < -0.4 is 10.2 Å². The second kappa shape index (κ2) is 7.72. The maximum atomic E-state index is 13.0. The third-order valence-electron chi connectivity index (χ3n) is 5.02. The number of anilines is 2. The quantitative estimate of drug-likeness (QED) is 0.894. The van der Waals surface area contributed by atoms with Crippen molar-refractivity contribution in [2.45, 2.75) is 25.7 Å². The third kappa shape index (κ3) is 4.04. The number of hydrogen-bond donors (Lipinski definition) is 1. The zero-order valence-corrected chi connectivity index (χ0v) is 15.5. The van der Waals surface area contributed by atoms with Crippen LogP contribution in [-0.4, -0.2) is 48.5 Å². The normalized spacial score (nSPS) is 17.8. The van der Waals surface area contributed by atoms with Crippen LogP contribution in [0.15, 0.2) is 24.3 Å². The molecule has 5 nitrogen and oxygen atoms in total. The van der Waals surface area contributed by atoms with E-state index in [1.54, 1.807) is 11.3 Å². The SMILES string of the molecule is O=C(CN1CCN(c2ccc(F)cc2)CC1)Nc1nc2c(s1)CCCC2. The molecule has 1 saturated heterocycles. The van der Waals surface area contributed by atoms with Crippen LogP contribution in [0, 0.1) is 5.82 Å². The minimum Gasteiger partial charge on any atom is -0.369 e. The summed E-state index contributed by atoms with van der Waals surface area (Å²) in [7, 11) is 0. The van der Waals surface area contributed by atoms with Crippen LogP contribution in [0.2, 0.25) is 0 Å². The first-order valence-corrected chi connectivity index (χ1v) is 10.0. The first-order valence-electron chi connectivity index (χ1n) is 9.19. The lowest BCUT2D eigenvalue weighted by Gasteiger charge is -2.35. The van der Waals surface area contributed by atoms with Crippen molar-refractivity contribution in [3.8, 4) is 0 Å². The van der Waals surface area contributed by atoms with Crippen molar-refractivity contribution in [1.82, 2.24) is 9.88 Å². The van der Waals surface area contributed by atoms with Crippen LogP contribution >= 0.6 is 11.3 Å². The Morgan fingerprint density at radius 3 is 2.58 bits per heavy atom. The molecule has 138 valence electrons. The molecular formula is C19H23FN4OS. The van der Waals surface area contributed by atoms with E-state index in [2.05, 4.69) is 20.1 Å². The predicted molar refractivity (Wildman–Crippen MR) is 102 cm³/mol. The molecule has 2 aliphatic rings. The standard InChI is InChI=1S/C19H23FN4OS/c20-14-5-7-15(8-6-14)24-11-9-23(10-12-24)13-18(25)22-19-21-16-3-1-2-4-17(16)26-19/h5-8H,1-4,9-13H2,(H,21,22,25). The van der Waals surface area contributed by atoms with E-state index in [1.807, 2.05) is 12.1 Å². The van der Waals surface area contributed by atoms with Gasteiger partial charge in [0.15, 0.2) is 5.13 Å². The molecule has 1 fully saturated rings. The van der Waals surface area contributed by atoms with E-state index in [0.29, 0.717) is 6.54 Å². The number of nitrogens with one attached hydrogen (secondary N) is 1. The number of carbonyl (C=O) groups is 1. The molecule has 1 aliphatic heterocycles. The van der Waals surface area contributed by atoms with Gasteiger partial charge in [-0.25, -0.2) is 9.37 Å². The van der Waals surface area contributed by atoms with Crippen LogP contribution in [0.1, 0.15) is 23.4 Å². The van der Waals surface area contributed by atoms with E-state index in [9.17, 15) is 9.18 Å². The zero-order valence-electron chi connectivity index (χ0n) is 14.7. The van der Waals surface area contributed by atoms with E-state index in [-0.39, 0.29) is 11.7 Å². The van der Waals surface area contributed by atoms with Gasteiger partial charge in [0, 0.05) is 36.7 Å². The van der Waals surface area contributed by atoms with E-state index >= 15 is 0 Å². The number of thiazole rings is 1. The molecule has 26 heavy (non-hydrogen) atoms. The van der Waals surface area contributed by atoms with Crippen LogP contribution in [0.25, 0.3) is 0 Å². The lowest BCUT2D eigenvalue weighted by Crippen LogP contribution is -2.48. The van der Waals surface area contributed by atoms with Gasteiger partial charge in [0.1, 0.15) is 5.82 Å². The molecule has 0 atom stereocenters. The molecule has 1 aliphatic carbocycles. The molecule has 0 unspecified atom stereocenters. The van der Waals surface area contributed by atoms with Gasteiger partial charge in [-0.15, -0.1) is 11.3 Å². The van der Waals surface area contributed by atoms with E-state index in [0.717, 1.165) is 49.8 Å². The molecule has 0 bridgehead atoms. The Labute approximate surface area is 156 Å². The van der Waals surface area contributed by atoms with Gasteiger partial charge in [-0.2, -0.15) is 0 Å². The highest BCUT2D eigenvalue weighted by atomic mass is 32.1. The van der Waals surface area contributed by atoms with Gasteiger partial charge in [0.25, 0.3) is 0 Å². The van der Waals surface area contributed by atoms with Gasteiger partial charge in [0.2, 0.25) is 5.91 Å². The van der Waals surface area contributed by atoms with Crippen molar-refractivity contribution in [2.24, 2.45) is 0 Å². The molecule has 1 N–H and O–H groups in total. The summed E-state index contributed by atoms with van der Waals surface area (Å²) in [6, 6.07) is 6.59. The largest absolute Gasteiger partial charge is 0.369 e. The minimum absolute atomic E-state index is 0.00586. The fraction of sp³-hybridized carbons (Fsp3) is 0.474. The molecule has 0 radical (unpaired) electrons. The number of nitrogens with zero attached hydrogens (tertiary/aromatic N) is 3. The summed E-state index contributed by atoms with van der Waals surface area (Å²) < 4.78 is 13.0. The molecule has 7 heteroatoms. The van der Waals surface area contributed by atoms with Crippen LogP contribution in [-0.2, 0) is 17.6 Å². The highest BCUT2D eigenvalue weighted by Gasteiger charge is 2.21. The summed E-state index contributed by atoms with van der Waals surface area (Å²) in [5, 5.41) is 3.71. The second-order valence-electron chi connectivity index (χ2n) is 6.88. The molecule has 1 amide bonds. The van der Waals surface area contributed by atoms with Gasteiger partial charge in [-0.05, 0) is 49.9 Å². The smallest absolute Gasteiger partial charge is 0.240 e. The summed E-state index contributed by atoms with van der Waals surface area (Å²) >= 11 is 1.62. The maximum Gasteiger partial charge on any atom is 0.240 e. The fourth-order valence-electron chi connectivity index (χ4n) is 3.58. The first-order chi connectivity index (χ1) is 12.7. The van der Waals surface area contributed by atoms with E-state index in [1.165, 1.54) is 35.5 Å². The Morgan fingerprint density at radius 2 is 1.85 bits per heavy atom. The minimum atomic E-state index is -0.215. The number of piperazine rings is 1. The molecule has 4 rings (SSSR count). The lowest BCUT2D eigenvalue weighted by atomic mass is 10.0. The van der Waals surface area contributed by atoms with Gasteiger partial charge in [-0.1, -0.05) is 0 Å². The number of fused-ring (bicyclic) bond motifs is 1. The van der Waals surface area contributed by atoms with Gasteiger partial charge in [-0.3, -0.25) is 9.69 Å². The van der Waals surface area contributed by atoms with Crippen molar-refractivity contribution in [3.05, 3.63) is 40.7 Å². The Kier molecular flexibility index (Phi) is 5.17. The molecular weight excluding hydrogens is 351 g/mol. The second-order valence-corrected chi connectivity index (χ2v) is 7.97. The van der Waals surface area contributed by atoms with Crippen LogP contribution in [0.4, 0.5) is 15.2 Å². The summed E-state index contributed by atoms with van der Waals surface area (Å²) in [5.74, 6) is -0.209. The topological polar surface area (TPSA) is 48.5 Å². The Bertz CT molecular complexity index is 745. The van der Waals surface area contributed by atoms with Crippen molar-refractivity contribution in [2.75, 3.05) is 42.9 Å². The van der Waals surface area contributed by atoms with Crippen molar-refractivity contribution < 1.29 is 9.18 Å². The third-order valence-corrected chi connectivity index (χ3v) is 6.10. The van der Waals surface area contributed by atoms with Crippen LogP contribution in [0.3, 0.4) is 0 Å². The van der Waals surface area contributed by atoms with Crippen molar-refractivity contribution in [1.29, 1.82) is 0 Å². The number of benzene rings is 1.